The number of nitrogens with one attached hydrogen (secondary N) is 1. The normalized spacial score (nSPS) is 18.0. The number of nitrogens with zero attached hydrogens (tertiary/aromatic N) is 2. The number of thiazole rings is 1. The molecule has 1 heterocycles. The van der Waals surface area contributed by atoms with Crippen molar-refractivity contribution in [3.05, 3.63) is 11.1 Å². The highest BCUT2D eigenvalue weighted by Gasteiger charge is 2.41. The third-order valence-corrected chi connectivity index (χ3v) is 4.36. The van der Waals surface area contributed by atoms with E-state index in [4.69, 9.17) is 0 Å². The first-order chi connectivity index (χ1) is 8.87. The van der Waals surface area contributed by atoms with E-state index in [1.54, 1.807) is 0 Å². The van der Waals surface area contributed by atoms with Crippen molar-refractivity contribution >= 4 is 22.4 Å². The molecule has 1 N–H and O–H groups in total. The Hall–Kier alpha value is -1.41. The van der Waals surface area contributed by atoms with E-state index in [-0.39, 0.29) is 11.3 Å². The zero-order chi connectivity index (χ0) is 14.1. The lowest BCUT2D eigenvalue weighted by Gasteiger charge is -2.18. The van der Waals surface area contributed by atoms with Crippen LogP contribution in [0.4, 0.5) is 5.13 Å². The summed E-state index contributed by atoms with van der Waals surface area (Å²) in [6.45, 7) is 6.25. The van der Waals surface area contributed by atoms with Gasteiger partial charge in [0, 0.05) is 10.8 Å². The third-order valence-electron chi connectivity index (χ3n) is 3.60. The second-order valence-corrected chi connectivity index (χ2v) is 7.00. The lowest BCUT2D eigenvalue weighted by Crippen LogP contribution is -2.32. The average molecular weight is 277 g/mol. The van der Waals surface area contributed by atoms with Gasteiger partial charge in [-0.05, 0) is 12.8 Å². The van der Waals surface area contributed by atoms with Gasteiger partial charge in [-0.15, -0.1) is 11.3 Å². The number of aromatic nitrogens is 1. The second-order valence-electron chi connectivity index (χ2n) is 6.14. The number of amides is 1. The van der Waals surface area contributed by atoms with Gasteiger partial charge in [-0.25, -0.2) is 4.98 Å². The number of anilines is 1. The summed E-state index contributed by atoms with van der Waals surface area (Å²) in [5.74, 6) is -0.192. The van der Waals surface area contributed by atoms with E-state index in [9.17, 15) is 10.1 Å². The summed E-state index contributed by atoms with van der Waals surface area (Å²) < 4.78 is 0. The van der Waals surface area contributed by atoms with E-state index >= 15 is 0 Å². The molecule has 1 aromatic rings. The van der Waals surface area contributed by atoms with E-state index in [0.29, 0.717) is 18.0 Å². The van der Waals surface area contributed by atoms with Crippen LogP contribution in [0.25, 0.3) is 0 Å². The number of carbonyl (C=O) groups is 1. The van der Waals surface area contributed by atoms with Crippen LogP contribution >= 0.6 is 11.3 Å². The van der Waals surface area contributed by atoms with Gasteiger partial charge in [0.15, 0.2) is 5.13 Å². The van der Waals surface area contributed by atoms with E-state index in [2.05, 4.69) is 37.1 Å². The van der Waals surface area contributed by atoms with Crippen molar-refractivity contribution in [2.75, 3.05) is 5.32 Å². The summed E-state index contributed by atoms with van der Waals surface area (Å²) in [7, 11) is 0. The summed E-state index contributed by atoms with van der Waals surface area (Å²) in [5, 5.41) is 14.6. The van der Waals surface area contributed by atoms with E-state index in [0.717, 1.165) is 18.5 Å². The van der Waals surface area contributed by atoms with E-state index in [1.165, 1.54) is 11.3 Å². The lowest BCUT2D eigenvalue weighted by atomic mass is 9.87. The Morgan fingerprint density at radius 3 is 2.58 bits per heavy atom. The van der Waals surface area contributed by atoms with Crippen molar-refractivity contribution in [2.24, 2.45) is 5.41 Å². The molecule has 0 saturated heterocycles. The monoisotopic (exact) mass is 277 g/mol. The molecule has 2 rings (SSSR count). The summed E-state index contributed by atoms with van der Waals surface area (Å²) in [6, 6.07) is 2.20. The van der Waals surface area contributed by atoms with Crippen molar-refractivity contribution < 1.29 is 4.79 Å². The molecule has 0 bridgehead atoms. The molecule has 0 aromatic carbocycles. The van der Waals surface area contributed by atoms with Gasteiger partial charge >= 0.3 is 0 Å². The van der Waals surface area contributed by atoms with Gasteiger partial charge in [0.05, 0.1) is 11.8 Å². The maximum atomic E-state index is 12.3. The Balaban J connectivity index is 2.11. The van der Waals surface area contributed by atoms with Crippen LogP contribution < -0.4 is 5.32 Å². The molecule has 5 heteroatoms. The van der Waals surface area contributed by atoms with Gasteiger partial charge in [-0.1, -0.05) is 33.6 Å². The fraction of sp³-hybridized carbons (Fsp3) is 0.643. The fourth-order valence-corrected chi connectivity index (χ4v) is 3.19. The topological polar surface area (TPSA) is 65.8 Å². The van der Waals surface area contributed by atoms with Crippen LogP contribution in [-0.2, 0) is 10.2 Å². The van der Waals surface area contributed by atoms with Crippen LogP contribution in [0, 0.1) is 16.7 Å². The molecule has 1 aliphatic carbocycles. The van der Waals surface area contributed by atoms with Crippen molar-refractivity contribution in [1.29, 1.82) is 5.26 Å². The maximum Gasteiger partial charge on any atom is 0.246 e. The smallest absolute Gasteiger partial charge is 0.246 e. The Kier molecular flexibility index (Phi) is 3.64. The molecule has 1 aliphatic rings. The van der Waals surface area contributed by atoms with Gasteiger partial charge in [0.2, 0.25) is 5.91 Å². The molecule has 0 atom stereocenters. The number of hydrogen-bond acceptors (Lipinski definition) is 4. The molecule has 0 unspecified atom stereocenters. The summed E-state index contributed by atoms with van der Waals surface area (Å²) in [6.07, 6.45) is 3.22. The first kappa shape index (κ1) is 14.0. The standard InChI is InChI=1S/C14H19N3OS/c1-13(2,3)10-8-19-12(16-10)17-11(18)14(9-15)6-4-5-7-14/h8H,4-7H2,1-3H3,(H,16,17,18). The largest absolute Gasteiger partial charge is 0.301 e. The van der Waals surface area contributed by atoms with Crippen molar-refractivity contribution in [2.45, 2.75) is 51.9 Å². The number of rotatable bonds is 2. The van der Waals surface area contributed by atoms with Crippen molar-refractivity contribution in [3.8, 4) is 6.07 Å². The quantitative estimate of drug-likeness (QED) is 0.900. The second kappa shape index (κ2) is 4.93. The predicted octanol–water partition coefficient (Wildman–Crippen LogP) is 3.46. The van der Waals surface area contributed by atoms with Crippen molar-refractivity contribution in [3.63, 3.8) is 0 Å². The van der Waals surface area contributed by atoms with Gasteiger partial charge in [-0.2, -0.15) is 5.26 Å². The molecule has 4 nitrogen and oxygen atoms in total. The summed E-state index contributed by atoms with van der Waals surface area (Å²) in [5.41, 5.74) is 0.0954. The Bertz CT molecular complexity index is 516. The molecule has 1 amide bonds. The number of hydrogen-bond donors (Lipinski definition) is 1. The van der Waals surface area contributed by atoms with Gasteiger partial charge in [0.1, 0.15) is 5.41 Å². The Morgan fingerprint density at radius 2 is 2.11 bits per heavy atom. The maximum absolute atomic E-state index is 12.3. The van der Waals surface area contributed by atoms with Crippen LogP contribution in [0.1, 0.15) is 52.1 Å². The first-order valence-corrected chi connectivity index (χ1v) is 7.44. The average Bonchev–Trinajstić information content (AvgIpc) is 2.96. The molecule has 102 valence electrons. The molecule has 1 saturated carbocycles. The van der Waals surface area contributed by atoms with Crippen LogP contribution in [0.3, 0.4) is 0 Å². The van der Waals surface area contributed by atoms with Gasteiger partial charge in [0.25, 0.3) is 0 Å². The molecule has 1 fully saturated rings. The van der Waals surface area contributed by atoms with Gasteiger partial charge in [-0.3, -0.25) is 4.79 Å². The minimum Gasteiger partial charge on any atom is -0.301 e. The number of nitriles is 1. The minimum absolute atomic E-state index is 0.0280. The van der Waals surface area contributed by atoms with E-state index < -0.39 is 5.41 Å². The molecular formula is C14H19N3OS. The first-order valence-electron chi connectivity index (χ1n) is 6.56. The molecular weight excluding hydrogens is 258 g/mol. The molecule has 0 aliphatic heterocycles. The summed E-state index contributed by atoms with van der Waals surface area (Å²) in [4.78, 5) is 16.7. The fourth-order valence-electron chi connectivity index (χ4n) is 2.26. The van der Waals surface area contributed by atoms with E-state index in [1.807, 2.05) is 5.38 Å². The van der Waals surface area contributed by atoms with Crippen molar-refractivity contribution in [1.82, 2.24) is 4.98 Å². The highest BCUT2D eigenvalue weighted by molar-refractivity contribution is 7.14. The van der Waals surface area contributed by atoms with Crippen LogP contribution in [0.2, 0.25) is 0 Å². The molecule has 19 heavy (non-hydrogen) atoms. The third kappa shape index (κ3) is 2.79. The minimum atomic E-state index is -0.840. The molecule has 0 spiro atoms. The van der Waals surface area contributed by atoms with Crippen LogP contribution in [-0.4, -0.2) is 10.9 Å². The van der Waals surface area contributed by atoms with Gasteiger partial charge < -0.3 is 5.32 Å². The number of carbonyl (C=O) groups excluding carboxylic acids is 1. The van der Waals surface area contributed by atoms with Crippen LogP contribution in [0.15, 0.2) is 5.38 Å². The predicted molar refractivity (Wildman–Crippen MR) is 76.0 cm³/mol. The molecule has 1 aromatic heterocycles. The zero-order valence-corrected chi connectivity index (χ0v) is 12.4. The Labute approximate surface area is 117 Å². The lowest BCUT2D eigenvalue weighted by molar-refractivity contribution is -0.122. The zero-order valence-electron chi connectivity index (χ0n) is 11.6. The highest BCUT2D eigenvalue weighted by Crippen LogP contribution is 2.38. The highest BCUT2D eigenvalue weighted by atomic mass is 32.1. The summed E-state index contributed by atoms with van der Waals surface area (Å²) >= 11 is 1.42. The van der Waals surface area contributed by atoms with Crippen LogP contribution in [0.5, 0.6) is 0 Å². The Morgan fingerprint density at radius 1 is 1.47 bits per heavy atom. The molecule has 0 radical (unpaired) electrons. The SMILES string of the molecule is CC(C)(C)c1csc(NC(=O)C2(C#N)CCCC2)n1.